The summed E-state index contributed by atoms with van der Waals surface area (Å²) in [7, 11) is 0. The van der Waals surface area contributed by atoms with E-state index in [1.54, 1.807) is 6.92 Å². The average Bonchev–Trinajstić information content (AvgIpc) is 2.35. The fraction of sp³-hybridized carbons (Fsp3) is 0.846. The summed E-state index contributed by atoms with van der Waals surface area (Å²) in [5.41, 5.74) is 5.67. The van der Waals surface area contributed by atoms with E-state index in [0.29, 0.717) is 6.54 Å². The number of nitrogens with one attached hydrogen (secondary N) is 1. The minimum atomic E-state index is -0.788. The molecule has 0 aromatic heterocycles. The van der Waals surface area contributed by atoms with Crippen molar-refractivity contribution in [1.29, 1.82) is 0 Å². The first-order valence-corrected chi connectivity index (χ1v) is 6.71. The zero-order valence-electron chi connectivity index (χ0n) is 12.0. The highest BCUT2D eigenvalue weighted by atomic mass is 16.6. The van der Waals surface area contributed by atoms with Crippen molar-refractivity contribution in [3.05, 3.63) is 0 Å². The minimum absolute atomic E-state index is 0.0839. The molecule has 5 atom stereocenters. The van der Waals surface area contributed by atoms with Crippen LogP contribution in [0.25, 0.3) is 0 Å². The van der Waals surface area contributed by atoms with Gasteiger partial charge in [-0.05, 0) is 18.8 Å². The molecule has 0 aliphatic carbocycles. The van der Waals surface area contributed by atoms with Gasteiger partial charge in [0.25, 0.3) is 0 Å². The number of rotatable bonds is 4. The van der Waals surface area contributed by atoms with Gasteiger partial charge in [0.2, 0.25) is 5.91 Å². The molecule has 3 N–H and O–H groups in total. The largest absolute Gasteiger partial charge is 0.464 e. The molecule has 1 aliphatic heterocycles. The summed E-state index contributed by atoms with van der Waals surface area (Å²) in [6.07, 6.45) is -0.988. The fourth-order valence-corrected chi connectivity index (χ4v) is 2.48. The van der Waals surface area contributed by atoms with Gasteiger partial charge in [-0.15, -0.1) is 0 Å². The van der Waals surface area contributed by atoms with E-state index in [9.17, 15) is 9.59 Å². The second-order valence-corrected chi connectivity index (χ2v) is 5.03. The van der Waals surface area contributed by atoms with Gasteiger partial charge in [0.15, 0.2) is 6.10 Å². The predicted molar refractivity (Wildman–Crippen MR) is 70.3 cm³/mol. The molecule has 1 saturated heterocycles. The highest BCUT2D eigenvalue weighted by Gasteiger charge is 2.45. The Labute approximate surface area is 114 Å². The molecule has 1 amide bonds. The van der Waals surface area contributed by atoms with E-state index in [4.69, 9.17) is 15.2 Å². The Morgan fingerprint density at radius 1 is 1.32 bits per heavy atom. The van der Waals surface area contributed by atoms with Gasteiger partial charge in [-0.3, -0.25) is 4.79 Å². The molecule has 19 heavy (non-hydrogen) atoms. The second-order valence-electron chi connectivity index (χ2n) is 5.03. The molecule has 0 aromatic carbocycles. The summed E-state index contributed by atoms with van der Waals surface area (Å²) in [6.45, 7) is 7.78. The van der Waals surface area contributed by atoms with E-state index in [2.05, 4.69) is 5.32 Å². The van der Waals surface area contributed by atoms with Crippen LogP contribution >= 0.6 is 0 Å². The Morgan fingerprint density at radius 3 is 2.42 bits per heavy atom. The minimum Gasteiger partial charge on any atom is -0.464 e. The molecule has 1 aliphatic rings. The average molecular weight is 272 g/mol. The topological polar surface area (TPSA) is 90.7 Å². The van der Waals surface area contributed by atoms with Crippen molar-refractivity contribution in [2.24, 2.45) is 17.6 Å². The zero-order valence-corrected chi connectivity index (χ0v) is 12.0. The molecule has 0 radical (unpaired) electrons. The van der Waals surface area contributed by atoms with E-state index in [1.807, 2.05) is 13.8 Å². The van der Waals surface area contributed by atoms with Crippen LogP contribution in [-0.4, -0.2) is 43.3 Å². The van der Waals surface area contributed by atoms with Gasteiger partial charge in [-0.25, -0.2) is 4.79 Å². The molecule has 0 unspecified atom stereocenters. The summed E-state index contributed by atoms with van der Waals surface area (Å²) >= 11 is 0. The summed E-state index contributed by atoms with van der Waals surface area (Å²) < 4.78 is 10.7. The van der Waals surface area contributed by atoms with Gasteiger partial charge >= 0.3 is 5.97 Å². The first-order chi connectivity index (χ1) is 8.92. The fourth-order valence-electron chi connectivity index (χ4n) is 2.48. The lowest BCUT2D eigenvalue weighted by Gasteiger charge is -2.43. The SMILES string of the molecule is CCOC(=O)[C@@H]1O[C@H](CN)[C@@H](C)[C@H](C)[C@H]1NC(C)=O. The van der Waals surface area contributed by atoms with Crippen molar-refractivity contribution in [2.75, 3.05) is 13.2 Å². The molecule has 6 nitrogen and oxygen atoms in total. The molecule has 1 rings (SSSR count). The normalized spacial score (nSPS) is 34.7. The van der Waals surface area contributed by atoms with Crippen molar-refractivity contribution in [3.63, 3.8) is 0 Å². The lowest BCUT2D eigenvalue weighted by atomic mass is 9.79. The van der Waals surface area contributed by atoms with Crippen molar-refractivity contribution >= 4 is 11.9 Å². The smallest absolute Gasteiger partial charge is 0.337 e. The Kier molecular flexibility index (Phi) is 5.75. The number of carbonyl (C=O) groups is 2. The number of amides is 1. The van der Waals surface area contributed by atoms with Crippen LogP contribution in [0.4, 0.5) is 0 Å². The molecule has 0 bridgehead atoms. The van der Waals surface area contributed by atoms with Crippen molar-refractivity contribution in [1.82, 2.24) is 5.32 Å². The van der Waals surface area contributed by atoms with Crippen LogP contribution < -0.4 is 11.1 Å². The molecule has 0 spiro atoms. The van der Waals surface area contributed by atoms with Gasteiger partial charge in [0.1, 0.15) is 0 Å². The molecule has 1 heterocycles. The number of nitrogens with two attached hydrogens (primary N) is 1. The predicted octanol–water partition coefficient (Wildman–Crippen LogP) is 0.0525. The lowest BCUT2D eigenvalue weighted by molar-refractivity contribution is -0.178. The quantitative estimate of drug-likeness (QED) is 0.706. The first-order valence-electron chi connectivity index (χ1n) is 6.71. The highest BCUT2D eigenvalue weighted by molar-refractivity contribution is 5.78. The third-order valence-corrected chi connectivity index (χ3v) is 3.75. The molecule has 1 fully saturated rings. The number of hydrogen-bond donors (Lipinski definition) is 2. The van der Waals surface area contributed by atoms with Gasteiger partial charge in [-0.2, -0.15) is 0 Å². The van der Waals surface area contributed by atoms with E-state index in [-0.39, 0.29) is 36.5 Å². The van der Waals surface area contributed by atoms with E-state index < -0.39 is 12.1 Å². The summed E-state index contributed by atoms with van der Waals surface area (Å²) in [5, 5.41) is 2.79. The van der Waals surface area contributed by atoms with Crippen LogP contribution in [0.15, 0.2) is 0 Å². The number of esters is 1. The van der Waals surface area contributed by atoms with Crippen molar-refractivity contribution in [3.8, 4) is 0 Å². The van der Waals surface area contributed by atoms with Crippen LogP contribution in [0.1, 0.15) is 27.7 Å². The summed E-state index contributed by atoms with van der Waals surface area (Å²) in [6, 6.07) is -0.380. The molecule has 0 aromatic rings. The van der Waals surface area contributed by atoms with Gasteiger partial charge in [-0.1, -0.05) is 13.8 Å². The van der Waals surface area contributed by atoms with Gasteiger partial charge < -0.3 is 20.5 Å². The van der Waals surface area contributed by atoms with Gasteiger partial charge in [0, 0.05) is 13.5 Å². The second kappa shape index (κ2) is 6.86. The molecule has 0 saturated carbocycles. The van der Waals surface area contributed by atoms with E-state index >= 15 is 0 Å². The Bertz CT molecular complexity index is 335. The zero-order chi connectivity index (χ0) is 14.6. The van der Waals surface area contributed by atoms with E-state index in [1.165, 1.54) is 6.92 Å². The molecular formula is C13H24N2O4. The third kappa shape index (κ3) is 3.67. The Morgan fingerprint density at radius 2 is 1.95 bits per heavy atom. The van der Waals surface area contributed by atoms with E-state index in [0.717, 1.165) is 0 Å². The van der Waals surface area contributed by atoms with Crippen molar-refractivity contribution in [2.45, 2.75) is 45.9 Å². The summed E-state index contributed by atoms with van der Waals surface area (Å²) in [4.78, 5) is 23.3. The van der Waals surface area contributed by atoms with Crippen LogP contribution in [-0.2, 0) is 19.1 Å². The lowest BCUT2D eigenvalue weighted by Crippen LogP contribution is -2.60. The maximum atomic E-state index is 12.0. The van der Waals surface area contributed by atoms with Crippen molar-refractivity contribution < 1.29 is 19.1 Å². The molecule has 6 heteroatoms. The molecule has 110 valence electrons. The first kappa shape index (κ1) is 15.9. The van der Waals surface area contributed by atoms with Crippen LogP contribution in [0.2, 0.25) is 0 Å². The maximum absolute atomic E-state index is 12.0. The monoisotopic (exact) mass is 272 g/mol. The number of carbonyl (C=O) groups excluding carboxylic acids is 2. The number of hydrogen-bond acceptors (Lipinski definition) is 5. The van der Waals surface area contributed by atoms with Crippen LogP contribution in [0, 0.1) is 11.8 Å². The third-order valence-electron chi connectivity index (χ3n) is 3.75. The summed E-state index contributed by atoms with van der Waals surface area (Å²) in [5.74, 6) is -0.389. The Hall–Kier alpha value is -1.14. The standard InChI is InChI=1S/C13H24N2O4/c1-5-18-13(17)12-11(15-9(4)16)8(3)7(2)10(6-14)19-12/h7-8,10-12H,5-6,14H2,1-4H3,(H,15,16)/t7-,8-,10+,11+,12+/m0/s1. The van der Waals surface area contributed by atoms with Crippen LogP contribution in [0.3, 0.4) is 0 Å². The number of ether oxygens (including phenoxy) is 2. The highest BCUT2D eigenvalue weighted by Crippen LogP contribution is 2.31. The molecular weight excluding hydrogens is 248 g/mol. The van der Waals surface area contributed by atoms with Crippen LogP contribution in [0.5, 0.6) is 0 Å². The van der Waals surface area contributed by atoms with Gasteiger partial charge in [0.05, 0.1) is 18.8 Å². The Balaban J connectivity index is 2.92. The maximum Gasteiger partial charge on any atom is 0.337 e.